The van der Waals surface area contributed by atoms with Gasteiger partial charge in [0.15, 0.2) is 0 Å². The van der Waals surface area contributed by atoms with Gasteiger partial charge in [-0.15, -0.1) is 0 Å². The van der Waals surface area contributed by atoms with Gasteiger partial charge >= 0.3 is 0 Å². The lowest BCUT2D eigenvalue weighted by Crippen LogP contribution is -2.39. The van der Waals surface area contributed by atoms with Crippen LogP contribution in [0.5, 0.6) is 0 Å². The first-order chi connectivity index (χ1) is 12.2. The predicted molar refractivity (Wildman–Crippen MR) is 99.0 cm³/mol. The van der Waals surface area contributed by atoms with E-state index in [-0.39, 0.29) is 18.1 Å². The van der Waals surface area contributed by atoms with Gasteiger partial charge in [-0.3, -0.25) is 9.69 Å². The van der Waals surface area contributed by atoms with Crippen LogP contribution in [0.4, 0.5) is 0 Å². The van der Waals surface area contributed by atoms with Crippen molar-refractivity contribution < 1.29 is 9.90 Å². The van der Waals surface area contributed by atoms with E-state index in [1.807, 2.05) is 48.5 Å². The van der Waals surface area contributed by atoms with Gasteiger partial charge in [0.05, 0.1) is 6.10 Å². The van der Waals surface area contributed by atoms with E-state index in [1.165, 1.54) is 11.1 Å². The monoisotopic (exact) mass is 338 g/mol. The van der Waals surface area contributed by atoms with E-state index in [9.17, 15) is 9.90 Å². The highest BCUT2D eigenvalue weighted by Gasteiger charge is 2.30. The first-order valence-electron chi connectivity index (χ1n) is 8.97. The quantitative estimate of drug-likeness (QED) is 0.815. The summed E-state index contributed by atoms with van der Waals surface area (Å²) in [6.07, 6.45) is 1.66. The van der Waals surface area contributed by atoms with Gasteiger partial charge in [0.1, 0.15) is 0 Å². The summed E-state index contributed by atoms with van der Waals surface area (Å²) in [6.45, 7) is 2.07. The number of nitrogens with one attached hydrogen (secondary N) is 1. The number of rotatable bonds is 7. The highest BCUT2D eigenvalue weighted by molar-refractivity contribution is 5.76. The molecule has 1 aliphatic heterocycles. The van der Waals surface area contributed by atoms with Crippen molar-refractivity contribution in [3.63, 3.8) is 0 Å². The van der Waals surface area contributed by atoms with Gasteiger partial charge in [0.25, 0.3) is 0 Å². The molecule has 2 unspecified atom stereocenters. The number of nitrogens with zero attached hydrogens (tertiary/aromatic N) is 1. The van der Waals surface area contributed by atoms with Crippen LogP contribution in [0.2, 0.25) is 0 Å². The molecule has 25 heavy (non-hydrogen) atoms. The topological polar surface area (TPSA) is 52.6 Å². The van der Waals surface area contributed by atoms with Crippen LogP contribution in [0.25, 0.3) is 0 Å². The smallest absolute Gasteiger partial charge is 0.220 e. The lowest BCUT2D eigenvalue weighted by molar-refractivity contribution is -0.121. The van der Waals surface area contributed by atoms with Crippen molar-refractivity contribution in [2.75, 3.05) is 13.1 Å². The zero-order valence-electron chi connectivity index (χ0n) is 14.5. The molecular formula is C21H26N2O2. The molecule has 1 heterocycles. The van der Waals surface area contributed by atoms with Gasteiger partial charge in [0, 0.05) is 32.1 Å². The van der Waals surface area contributed by atoms with E-state index < -0.39 is 0 Å². The van der Waals surface area contributed by atoms with Gasteiger partial charge in [-0.2, -0.15) is 0 Å². The molecule has 2 atom stereocenters. The molecule has 3 rings (SSSR count). The molecule has 4 nitrogen and oxygen atoms in total. The second-order valence-electron chi connectivity index (χ2n) is 6.75. The summed E-state index contributed by atoms with van der Waals surface area (Å²) in [5, 5.41) is 13.1. The number of hydrogen-bond acceptors (Lipinski definition) is 3. The number of carbonyl (C=O) groups is 1. The fourth-order valence-corrected chi connectivity index (χ4v) is 3.40. The molecule has 1 saturated heterocycles. The normalized spacial score (nSPS) is 20.5. The summed E-state index contributed by atoms with van der Waals surface area (Å²) in [4.78, 5) is 14.4. The maximum atomic E-state index is 12.1. The third kappa shape index (κ3) is 5.41. The van der Waals surface area contributed by atoms with E-state index in [0.717, 1.165) is 13.0 Å². The van der Waals surface area contributed by atoms with Crippen molar-refractivity contribution in [3.05, 3.63) is 71.8 Å². The third-order valence-corrected chi connectivity index (χ3v) is 4.75. The molecule has 1 aliphatic rings. The van der Waals surface area contributed by atoms with Crippen LogP contribution >= 0.6 is 0 Å². The fourth-order valence-electron chi connectivity index (χ4n) is 3.40. The molecule has 0 saturated carbocycles. The number of aliphatic hydroxyl groups is 1. The van der Waals surface area contributed by atoms with Crippen LogP contribution in [0.1, 0.15) is 24.0 Å². The molecule has 1 amide bonds. The van der Waals surface area contributed by atoms with Crippen molar-refractivity contribution >= 4 is 5.91 Å². The molecule has 4 heteroatoms. The van der Waals surface area contributed by atoms with Gasteiger partial charge in [0.2, 0.25) is 5.91 Å². The molecular weight excluding hydrogens is 312 g/mol. The molecule has 0 bridgehead atoms. The van der Waals surface area contributed by atoms with Gasteiger partial charge < -0.3 is 10.4 Å². The second-order valence-corrected chi connectivity index (χ2v) is 6.75. The number of likely N-dealkylation sites (tertiary alicyclic amines) is 1. The number of amides is 1. The number of aryl methyl sites for hydroxylation is 1. The van der Waals surface area contributed by atoms with Crippen LogP contribution in [0, 0.1) is 0 Å². The van der Waals surface area contributed by atoms with Crippen LogP contribution < -0.4 is 5.32 Å². The lowest BCUT2D eigenvalue weighted by Gasteiger charge is -2.24. The first-order valence-corrected chi connectivity index (χ1v) is 8.97. The predicted octanol–water partition coefficient (Wildman–Crippen LogP) is 2.37. The van der Waals surface area contributed by atoms with Crippen molar-refractivity contribution in [2.24, 2.45) is 0 Å². The standard InChI is InChI=1S/C21H26N2O2/c24-20-13-19(23(16-20)15-18-9-5-2-6-10-18)14-22-21(25)12-11-17-7-3-1-4-8-17/h1-10,19-20,24H,11-16H2,(H,22,25). The Bertz CT molecular complexity index is 660. The Kier molecular flexibility index (Phi) is 6.20. The number of aliphatic hydroxyl groups excluding tert-OH is 1. The maximum Gasteiger partial charge on any atom is 0.220 e. The first kappa shape index (κ1) is 17.6. The zero-order valence-corrected chi connectivity index (χ0v) is 14.5. The number of hydrogen-bond donors (Lipinski definition) is 2. The molecule has 2 aromatic rings. The highest BCUT2D eigenvalue weighted by atomic mass is 16.3. The van der Waals surface area contributed by atoms with E-state index in [2.05, 4.69) is 22.3 Å². The summed E-state index contributed by atoms with van der Waals surface area (Å²) in [7, 11) is 0. The van der Waals surface area contributed by atoms with Crippen LogP contribution in [0.15, 0.2) is 60.7 Å². The average molecular weight is 338 g/mol. The van der Waals surface area contributed by atoms with E-state index in [0.29, 0.717) is 25.9 Å². The van der Waals surface area contributed by atoms with Crippen molar-refractivity contribution in [3.8, 4) is 0 Å². The maximum absolute atomic E-state index is 12.1. The van der Waals surface area contributed by atoms with Gasteiger partial charge in [-0.25, -0.2) is 0 Å². The van der Waals surface area contributed by atoms with Gasteiger partial charge in [-0.1, -0.05) is 60.7 Å². The molecule has 0 aromatic heterocycles. The van der Waals surface area contributed by atoms with Gasteiger partial charge in [-0.05, 0) is 24.0 Å². The van der Waals surface area contributed by atoms with Crippen molar-refractivity contribution in [2.45, 2.75) is 38.0 Å². The van der Waals surface area contributed by atoms with E-state index in [1.54, 1.807) is 0 Å². The third-order valence-electron chi connectivity index (χ3n) is 4.75. The summed E-state index contributed by atoms with van der Waals surface area (Å²) in [6, 6.07) is 20.5. The number of β-amino-alcohol motifs (C(OH)–C–C–N with tert-alkyl or cyclic N) is 1. The second kappa shape index (κ2) is 8.79. The Hall–Kier alpha value is -2.17. The largest absolute Gasteiger partial charge is 0.392 e. The minimum atomic E-state index is -0.310. The van der Waals surface area contributed by atoms with Crippen LogP contribution in [0.3, 0.4) is 0 Å². The molecule has 2 aromatic carbocycles. The number of carbonyl (C=O) groups excluding carboxylic acids is 1. The molecule has 1 fully saturated rings. The molecule has 2 N–H and O–H groups in total. The Morgan fingerprint density at radius 2 is 1.68 bits per heavy atom. The lowest BCUT2D eigenvalue weighted by atomic mass is 10.1. The highest BCUT2D eigenvalue weighted by Crippen LogP contribution is 2.20. The molecule has 132 valence electrons. The average Bonchev–Trinajstić information content (AvgIpc) is 2.99. The minimum Gasteiger partial charge on any atom is -0.392 e. The Labute approximate surface area is 149 Å². The summed E-state index contributed by atoms with van der Waals surface area (Å²) in [5.41, 5.74) is 2.41. The Balaban J connectivity index is 1.46. The Morgan fingerprint density at radius 3 is 2.36 bits per heavy atom. The number of benzene rings is 2. The van der Waals surface area contributed by atoms with Crippen molar-refractivity contribution in [1.29, 1.82) is 0 Å². The summed E-state index contributed by atoms with van der Waals surface area (Å²) < 4.78 is 0. The van der Waals surface area contributed by atoms with Crippen molar-refractivity contribution in [1.82, 2.24) is 10.2 Å². The summed E-state index contributed by atoms with van der Waals surface area (Å²) in [5.74, 6) is 0.0740. The molecule has 0 aliphatic carbocycles. The molecule has 0 spiro atoms. The van der Waals surface area contributed by atoms with E-state index >= 15 is 0 Å². The Morgan fingerprint density at radius 1 is 1.04 bits per heavy atom. The van der Waals surface area contributed by atoms with E-state index in [4.69, 9.17) is 0 Å². The van der Waals surface area contributed by atoms with Crippen LogP contribution in [-0.4, -0.2) is 41.1 Å². The summed E-state index contributed by atoms with van der Waals surface area (Å²) >= 11 is 0. The minimum absolute atomic E-state index is 0.0740. The van der Waals surface area contributed by atoms with Crippen LogP contribution in [-0.2, 0) is 17.8 Å². The zero-order chi connectivity index (χ0) is 17.5. The SMILES string of the molecule is O=C(CCc1ccccc1)NCC1CC(O)CN1Cc1ccccc1. The fraction of sp³-hybridized carbons (Fsp3) is 0.381. The molecule has 0 radical (unpaired) electrons.